The van der Waals surface area contributed by atoms with Gasteiger partial charge in [-0.3, -0.25) is 4.98 Å². The molecule has 2 aromatic heterocycles. The van der Waals surface area contributed by atoms with E-state index in [1.807, 2.05) is 6.07 Å². The van der Waals surface area contributed by atoms with E-state index in [0.29, 0.717) is 11.8 Å². The first-order chi connectivity index (χ1) is 5.86. The van der Waals surface area contributed by atoms with Crippen LogP contribution in [-0.4, -0.2) is 15.2 Å². The first-order valence-corrected chi connectivity index (χ1v) is 3.49. The van der Waals surface area contributed by atoms with Crippen LogP contribution >= 0.6 is 0 Å². The Morgan fingerprint density at radius 2 is 2.33 bits per heavy atom. The molecule has 0 bridgehead atoms. The number of aromatic nitrogens is 3. The predicted octanol–water partition coefficient (Wildman–Crippen LogP) is 1.24. The van der Waals surface area contributed by atoms with E-state index in [1.165, 1.54) is 0 Å². The van der Waals surface area contributed by atoms with Gasteiger partial charge in [-0.15, -0.1) is 10.2 Å². The molecule has 0 atom stereocenters. The maximum absolute atomic E-state index is 5.18. The minimum Gasteiger partial charge on any atom is -0.421 e. The quantitative estimate of drug-likeness (QED) is 0.629. The molecular weight excluding hydrogens is 154 g/mol. The predicted molar refractivity (Wildman–Crippen MR) is 41.1 cm³/mol. The fraction of sp³-hybridized carbons (Fsp3) is 0.125. The zero-order valence-corrected chi connectivity index (χ0v) is 6.48. The first-order valence-electron chi connectivity index (χ1n) is 3.49. The Morgan fingerprint density at radius 1 is 1.42 bits per heavy atom. The zero-order chi connectivity index (χ0) is 8.39. The van der Waals surface area contributed by atoms with Gasteiger partial charge in [-0.25, -0.2) is 0 Å². The van der Waals surface area contributed by atoms with Gasteiger partial charge in [0.25, 0.3) is 0 Å². The van der Waals surface area contributed by atoms with Crippen molar-refractivity contribution in [3.63, 3.8) is 0 Å². The number of hydrogen-bond acceptors (Lipinski definition) is 4. The van der Waals surface area contributed by atoms with Gasteiger partial charge in [0, 0.05) is 13.1 Å². The van der Waals surface area contributed by atoms with E-state index in [9.17, 15) is 0 Å². The summed E-state index contributed by atoms with van der Waals surface area (Å²) in [4.78, 5) is 3.82. The van der Waals surface area contributed by atoms with Crippen LogP contribution in [-0.2, 0) is 0 Å². The van der Waals surface area contributed by atoms with Crippen molar-refractivity contribution >= 4 is 0 Å². The lowest BCUT2D eigenvalue weighted by atomic mass is 10.3. The molecular formula is C8H6N3O. The van der Waals surface area contributed by atoms with Crippen molar-refractivity contribution in [2.24, 2.45) is 0 Å². The van der Waals surface area contributed by atoms with Gasteiger partial charge in [-0.1, -0.05) is 0 Å². The zero-order valence-electron chi connectivity index (χ0n) is 6.48. The molecule has 0 aliphatic carbocycles. The smallest absolute Gasteiger partial charge is 0.249 e. The molecule has 0 spiro atoms. The largest absolute Gasteiger partial charge is 0.421 e. The van der Waals surface area contributed by atoms with Gasteiger partial charge in [0.15, 0.2) is 0 Å². The molecule has 2 heterocycles. The maximum Gasteiger partial charge on any atom is 0.249 e. The second-order valence-electron chi connectivity index (χ2n) is 2.29. The molecule has 0 aliphatic rings. The Balaban J connectivity index is 2.45. The van der Waals surface area contributed by atoms with Crippen molar-refractivity contribution in [3.8, 4) is 11.5 Å². The van der Waals surface area contributed by atoms with Crippen molar-refractivity contribution < 1.29 is 4.42 Å². The molecule has 1 radical (unpaired) electrons. The molecule has 0 saturated heterocycles. The fourth-order valence-electron chi connectivity index (χ4n) is 0.851. The van der Waals surface area contributed by atoms with Crippen LogP contribution in [0.15, 0.2) is 22.7 Å². The van der Waals surface area contributed by atoms with E-state index < -0.39 is 0 Å². The first kappa shape index (κ1) is 6.97. The molecule has 0 N–H and O–H groups in total. The van der Waals surface area contributed by atoms with Gasteiger partial charge in [-0.05, 0) is 12.1 Å². The molecule has 4 heteroatoms. The van der Waals surface area contributed by atoms with E-state index in [1.54, 1.807) is 19.2 Å². The molecule has 2 aromatic rings. The third-order valence-electron chi connectivity index (χ3n) is 1.36. The summed E-state index contributed by atoms with van der Waals surface area (Å²) in [6.07, 6.45) is 4.40. The molecule has 0 amide bonds. The highest BCUT2D eigenvalue weighted by Gasteiger charge is 2.04. The number of rotatable bonds is 1. The Labute approximate surface area is 69.3 Å². The van der Waals surface area contributed by atoms with Crippen LogP contribution in [0.25, 0.3) is 11.5 Å². The lowest BCUT2D eigenvalue weighted by Crippen LogP contribution is -1.78. The maximum atomic E-state index is 5.18. The highest BCUT2D eigenvalue weighted by atomic mass is 16.4. The summed E-state index contributed by atoms with van der Waals surface area (Å²) in [5.74, 6) is 1.00. The summed E-state index contributed by atoms with van der Waals surface area (Å²) < 4.78 is 5.18. The Kier molecular flexibility index (Phi) is 1.59. The average Bonchev–Trinajstić information content (AvgIpc) is 2.54. The molecule has 59 valence electrons. The summed E-state index contributed by atoms with van der Waals surface area (Å²) in [5.41, 5.74) is 0.720. The van der Waals surface area contributed by atoms with Crippen LogP contribution in [0, 0.1) is 13.1 Å². The SMILES string of the molecule is Cc1nnc(-c2[c]nccc2)o1. The lowest BCUT2D eigenvalue weighted by molar-refractivity contribution is 0.532. The number of aryl methyl sites for hydroxylation is 1. The van der Waals surface area contributed by atoms with Crippen LogP contribution in [0.4, 0.5) is 0 Å². The van der Waals surface area contributed by atoms with E-state index in [-0.39, 0.29) is 0 Å². The van der Waals surface area contributed by atoms with Crippen LogP contribution in [0.3, 0.4) is 0 Å². The van der Waals surface area contributed by atoms with Crippen LogP contribution < -0.4 is 0 Å². The van der Waals surface area contributed by atoms with Gasteiger partial charge in [-0.2, -0.15) is 0 Å². The summed E-state index contributed by atoms with van der Waals surface area (Å²) in [6.45, 7) is 1.74. The van der Waals surface area contributed by atoms with E-state index in [4.69, 9.17) is 4.42 Å². The van der Waals surface area contributed by atoms with Gasteiger partial charge in [0.2, 0.25) is 11.8 Å². The number of pyridine rings is 1. The van der Waals surface area contributed by atoms with E-state index in [0.717, 1.165) is 5.56 Å². The topological polar surface area (TPSA) is 51.8 Å². The highest BCUT2D eigenvalue weighted by Crippen LogP contribution is 2.14. The summed E-state index contributed by atoms with van der Waals surface area (Å²) >= 11 is 0. The standard InChI is InChI=1S/C8H6N3O/c1-6-10-11-8(12-6)7-3-2-4-9-5-7/h2-4H,1H3. The summed E-state index contributed by atoms with van der Waals surface area (Å²) in [7, 11) is 0. The monoisotopic (exact) mass is 160 g/mol. The van der Waals surface area contributed by atoms with Crippen molar-refractivity contribution in [2.45, 2.75) is 6.92 Å². The third kappa shape index (κ3) is 1.18. The molecule has 0 aromatic carbocycles. The molecule has 2 rings (SSSR count). The van der Waals surface area contributed by atoms with Gasteiger partial charge in [0.1, 0.15) is 6.20 Å². The van der Waals surface area contributed by atoms with Gasteiger partial charge in [0.05, 0.1) is 5.56 Å². The Morgan fingerprint density at radius 3 is 2.92 bits per heavy atom. The second kappa shape index (κ2) is 2.73. The van der Waals surface area contributed by atoms with Crippen molar-refractivity contribution in [3.05, 3.63) is 30.4 Å². The third-order valence-corrected chi connectivity index (χ3v) is 1.36. The van der Waals surface area contributed by atoms with E-state index in [2.05, 4.69) is 21.4 Å². The normalized spacial score (nSPS) is 10.1. The molecule has 0 saturated carbocycles. The minimum atomic E-state index is 0.459. The molecule has 4 nitrogen and oxygen atoms in total. The highest BCUT2D eigenvalue weighted by molar-refractivity contribution is 5.48. The molecule has 12 heavy (non-hydrogen) atoms. The molecule has 0 unspecified atom stereocenters. The van der Waals surface area contributed by atoms with Crippen LogP contribution in [0.5, 0.6) is 0 Å². The lowest BCUT2D eigenvalue weighted by Gasteiger charge is -1.88. The van der Waals surface area contributed by atoms with E-state index >= 15 is 0 Å². The Bertz CT molecular complexity index is 369. The fourth-order valence-corrected chi connectivity index (χ4v) is 0.851. The molecule has 0 aliphatic heterocycles. The second-order valence-corrected chi connectivity index (χ2v) is 2.29. The van der Waals surface area contributed by atoms with Crippen molar-refractivity contribution in [1.29, 1.82) is 0 Å². The van der Waals surface area contributed by atoms with Crippen LogP contribution in [0.1, 0.15) is 5.89 Å². The van der Waals surface area contributed by atoms with Crippen molar-refractivity contribution in [1.82, 2.24) is 15.2 Å². The van der Waals surface area contributed by atoms with Crippen LogP contribution in [0.2, 0.25) is 0 Å². The van der Waals surface area contributed by atoms with Gasteiger partial charge >= 0.3 is 0 Å². The summed E-state index contributed by atoms with van der Waals surface area (Å²) in [5, 5.41) is 7.53. The number of hydrogen-bond donors (Lipinski definition) is 0. The van der Waals surface area contributed by atoms with Crippen molar-refractivity contribution in [2.75, 3.05) is 0 Å². The minimum absolute atomic E-state index is 0.459. The Hall–Kier alpha value is -1.71. The summed E-state index contributed by atoms with van der Waals surface area (Å²) in [6, 6.07) is 3.62. The molecule has 0 fully saturated rings. The number of nitrogens with zero attached hydrogens (tertiary/aromatic N) is 3. The van der Waals surface area contributed by atoms with Gasteiger partial charge < -0.3 is 4.42 Å². The average molecular weight is 160 g/mol.